The van der Waals surface area contributed by atoms with Gasteiger partial charge in [0.1, 0.15) is 11.9 Å². The van der Waals surface area contributed by atoms with E-state index in [2.05, 4.69) is 42.1 Å². The predicted molar refractivity (Wildman–Crippen MR) is 122 cm³/mol. The van der Waals surface area contributed by atoms with Crippen molar-refractivity contribution in [3.05, 3.63) is 41.2 Å². The van der Waals surface area contributed by atoms with Crippen LogP contribution in [0.1, 0.15) is 80.9 Å². The van der Waals surface area contributed by atoms with Crippen molar-refractivity contribution in [3.8, 4) is 11.8 Å². The average molecular weight is 431 g/mol. The fourth-order valence-electron chi connectivity index (χ4n) is 6.02. The minimum atomic E-state index is 0.119. The third kappa shape index (κ3) is 3.35. The number of nitriles is 1. The number of nitrogens with one attached hydrogen (secondary N) is 1. The van der Waals surface area contributed by atoms with Crippen molar-refractivity contribution in [2.24, 2.45) is 16.7 Å². The van der Waals surface area contributed by atoms with Crippen LogP contribution in [-0.2, 0) is 6.42 Å². The maximum absolute atomic E-state index is 12.2. The van der Waals surface area contributed by atoms with Crippen molar-refractivity contribution in [1.29, 1.82) is 5.26 Å². The van der Waals surface area contributed by atoms with Gasteiger partial charge in [-0.25, -0.2) is 9.97 Å². The highest BCUT2D eigenvalue weighted by atomic mass is 16.5. The van der Waals surface area contributed by atoms with E-state index in [9.17, 15) is 10.1 Å². The highest BCUT2D eigenvalue weighted by Crippen LogP contribution is 2.66. The molecule has 0 radical (unpaired) electrons. The first-order valence-corrected chi connectivity index (χ1v) is 11.7. The van der Waals surface area contributed by atoms with Crippen LogP contribution < -0.4 is 10.1 Å². The molecule has 1 aromatic carbocycles. The second-order valence-electron chi connectivity index (χ2n) is 10.4. The standard InChI is InChI=1S/C26H30N4O2/c1-25(2)17-8-9-26(25,3)23(12-17)32-19-11-16(14-27)10-18(13-19)29-24-28-15-20-21(30-24)6-4-5-7-22(20)31/h10-11,13,15,17,23H,4-9,12H2,1-3H3,(H,28,29,30)/t17-,23-,26?/m0/s1. The van der Waals surface area contributed by atoms with Gasteiger partial charge in [-0.1, -0.05) is 20.8 Å². The van der Waals surface area contributed by atoms with E-state index in [0.717, 1.165) is 31.4 Å². The fourth-order valence-corrected chi connectivity index (χ4v) is 6.02. The fraction of sp³-hybridized carbons (Fsp3) is 0.538. The van der Waals surface area contributed by atoms with Gasteiger partial charge in [-0.15, -0.1) is 0 Å². The van der Waals surface area contributed by atoms with Gasteiger partial charge in [-0.2, -0.15) is 5.26 Å². The van der Waals surface area contributed by atoms with Crippen LogP contribution in [0.3, 0.4) is 0 Å². The quantitative estimate of drug-likeness (QED) is 0.636. The van der Waals surface area contributed by atoms with Gasteiger partial charge in [0.15, 0.2) is 5.78 Å². The summed E-state index contributed by atoms with van der Waals surface area (Å²) in [5.41, 5.74) is 3.08. The summed E-state index contributed by atoms with van der Waals surface area (Å²) in [6, 6.07) is 7.74. The molecule has 5 rings (SSSR count). The zero-order valence-corrected chi connectivity index (χ0v) is 19.1. The number of ether oxygens (including phenoxy) is 1. The average Bonchev–Trinajstić information content (AvgIpc) is 2.99. The van der Waals surface area contributed by atoms with Crippen molar-refractivity contribution in [2.45, 2.75) is 71.8 Å². The number of Topliss-reactive ketones (excluding diaryl/α,β-unsaturated/α-hetero) is 1. The molecule has 1 heterocycles. The lowest BCUT2D eigenvalue weighted by molar-refractivity contribution is 0.0302. The van der Waals surface area contributed by atoms with E-state index in [1.807, 2.05) is 12.1 Å². The van der Waals surface area contributed by atoms with E-state index in [4.69, 9.17) is 4.74 Å². The molecule has 1 unspecified atom stereocenters. The molecule has 3 aliphatic carbocycles. The van der Waals surface area contributed by atoms with Gasteiger partial charge in [0.05, 0.1) is 22.9 Å². The number of fused-ring (bicyclic) bond motifs is 3. The van der Waals surface area contributed by atoms with Crippen LogP contribution in [0, 0.1) is 28.1 Å². The lowest BCUT2D eigenvalue weighted by Gasteiger charge is -2.39. The molecular weight excluding hydrogens is 400 g/mol. The van der Waals surface area contributed by atoms with Gasteiger partial charge in [-0.05, 0) is 62.0 Å². The summed E-state index contributed by atoms with van der Waals surface area (Å²) >= 11 is 0. The zero-order chi connectivity index (χ0) is 22.5. The number of anilines is 2. The number of benzene rings is 1. The van der Waals surface area contributed by atoms with Crippen molar-refractivity contribution < 1.29 is 9.53 Å². The number of aromatic nitrogens is 2. The molecule has 2 bridgehead atoms. The maximum Gasteiger partial charge on any atom is 0.227 e. The molecule has 3 aliphatic rings. The Bertz CT molecular complexity index is 1120. The summed E-state index contributed by atoms with van der Waals surface area (Å²) in [6.07, 6.45) is 8.47. The summed E-state index contributed by atoms with van der Waals surface area (Å²) in [7, 11) is 0. The summed E-state index contributed by atoms with van der Waals surface area (Å²) in [4.78, 5) is 21.2. The normalized spacial score (nSPS) is 28.0. The minimum absolute atomic E-state index is 0.119. The molecule has 2 saturated carbocycles. The summed E-state index contributed by atoms with van der Waals surface area (Å²) in [5, 5.41) is 12.8. The van der Waals surface area contributed by atoms with Crippen molar-refractivity contribution in [3.63, 3.8) is 0 Å². The van der Waals surface area contributed by atoms with Crippen LogP contribution in [0.25, 0.3) is 0 Å². The molecular formula is C26H30N4O2. The van der Waals surface area contributed by atoms with Gasteiger partial charge in [-0.3, -0.25) is 4.79 Å². The molecule has 0 amide bonds. The maximum atomic E-state index is 12.2. The molecule has 2 aromatic rings. The van der Waals surface area contributed by atoms with E-state index in [1.165, 1.54) is 12.8 Å². The number of aryl methyl sites for hydroxylation is 1. The van der Waals surface area contributed by atoms with Gasteiger partial charge in [0.2, 0.25) is 5.95 Å². The molecule has 166 valence electrons. The Hall–Kier alpha value is -2.94. The SMILES string of the molecule is CC1(C)[C@H]2CCC1(C)[C@@H](Oc1cc(C#N)cc(Nc3ncc4c(n3)CCCCC4=O)c1)C2. The first-order chi connectivity index (χ1) is 15.3. The molecule has 3 atom stereocenters. The van der Waals surface area contributed by atoms with Crippen LogP contribution >= 0.6 is 0 Å². The first kappa shape index (κ1) is 20.9. The third-order valence-corrected chi connectivity index (χ3v) is 8.52. The Balaban J connectivity index is 1.40. The number of rotatable bonds is 4. The molecule has 32 heavy (non-hydrogen) atoms. The molecule has 6 nitrogen and oxygen atoms in total. The second-order valence-corrected chi connectivity index (χ2v) is 10.4. The number of carbonyl (C=O) groups excluding carboxylic acids is 1. The lowest BCUT2D eigenvalue weighted by atomic mass is 9.70. The largest absolute Gasteiger partial charge is 0.490 e. The predicted octanol–water partition coefficient (Wildman–Crippen LogP) is 5.59. The Kier molecular flexibility index (Phi) is 4.96. The minimum Gasteiger partial charge on any atom is -0.490 e. The smallest absolute Gasteiger partial charge is 0.227 e. The van der Waals surface area contributed by atoms with Crippen molar-refractivity contribution in [1.82, 2.24) is 9.97 Å². The van der Waals surface area contributed by atoms with Gasteiger partial charge in [0, 0.05) is 29.8 Å². The molecule has 1 aromatic heterocycles. The number of nitrogens with zero attached hydrogens (tertiary/aromatic N) is 3. The van der Waals surface area contributed by atoms with Crippen LogP contribution in [0.4, 0.5) is 11.6 Å². The lowest BCUT2D eigenvalue weighted by Crippen LogP contribution is -2.38. The van der Waals surface area contributed by atoms with Crippen LogP contribution in [0.15, 0.2) is 24.4 Å². The molecule has 6 heteroatoms. The van der Waals surface area contributed by atoms with Crippen molar-refractivity contribution in [2.75, 3.05) is 5.32 Å². The highest BCUT2D eigenvalue weighted by molar-refractivity contribution is 5.97. The van der Waals surface area contributed by atoms with Crippen molar-refractivity contribution >= 4 is 17.4 Å². The highest BCUT2D eigenvalue weighted by Gasteiger charge is 2.62. The van der Waals surface area contributed by atoms with Crippen LogP contribution in [0.5, 0.6) is 5.75 Å². The topological polar surface area (TPSA) is 87.9 Å². The molecule has 1 N–H and O–H groups in total. The molecule has 2 fully saturated rings. The van der Waals surface area contributed by atoms with Gasteiger partial charge in [0.25, 0.3) is 0 Å². The molecule has 0 aliphatic heterocycles. The summed E-state index contributed by atoms with van der Waals surface area (Å²) in [5.74, 6) is 1.94. The van der Waals surface area contributed by atoms with E-state index < -0.39 is 0 Å². The number of ketones is 1. The Morgan fingerprint density at radius 1 is 1.19 bits per heavy atom. The third-order valence-electron chi connectivity index (χ3n) is 8.52. The van der Waals surface area contributed by atoms with Crippen LogP contribution in [0.2, 0.25) is 0 Å². The van der Waals surface area contributed by atoms with Gasteiger partial charge >= 0.3 is 0 Å². The Morgan fingerprint density at radius 2 is 2.00 bits per heavy atom. The van der Waals surface area contributed by atoms with E-state index in [1.54, 1.807) is 12.3 Å². The van der Waals surface area contributed by atoms with Gasteiger partial charge < -0.3 is 10.1 Å². The number of hydrogen-bond acceptors (Lipinski definition) is 6. The monoisotopic (exact) mass is 430 g/mol. The summed E-state index contributed by atoms with van der Waals surface area (Å²) < 4.78 is 6.51. The Morgan fingerprint density at radius 3 is 2.72 bits per heavy atom. The number of hydrogen-bond donors (Lipinski definition) is 1. The molecule has 0 saturated heterocycles. The van der Waals surface area contributed by atoms with Crippen LogP contribution in [-0.4, -0.2) is 21.9 Å². The Labute approximate surface area is 189 Å². The van der Waals surface area contributed by atoms with E-state index in [0.29, 0.717) is 40.9 Å². The number of carbonyl (C=O) groups is 1. The zero-order valence-electron chi connectivity index (χ0n) is 19.1. The first-order valence-electron chi connectivity index (χ1n) is 11.7. The van der Waals surface area contributed by atoms with E-state index in [-0.39, 0.29) is 22.7 Å². The second kappa shape index (κ2) is 7.58. The summed E-state index contributed by atoms with van der Waals surface area (Å²) in [6.45, 7) is 7.09. The van der Waals surface area contributed by atoms with E-state index >= 15 is 0 Å². The molecule has 0 spiro atoms.